The van der Waals surface area contributed by atoms with Gasteiger partial charge < -0.3 is 14.9 Å². The van der Waals surface area contributed by atoms with E-state index in [2.05, 4.69) is 15.9 Å². The van der Waals surface area contributed by atoms with E-state index in [4.69, 9.17) is 14.9 Å². The smallest absolute Gasteiger partial charge is 0.336 e. The number of aliphatic hydroxyl groups excluding tert-OH is 1. The Balaban J connectivity index is 2.29. The van der Waals surface area contributed by atoms with Crippen LogP contribution in [0.4, 0.5) is 4.39 Å². The third-order valence-corrected chi connectivity index (χ3v) is 3.39. The van der Waals surface area contributed by atoms with Gasteiger partial charge in [0.25, 0.3) is 0 Å². The zero-order valence-corrected chi connectivity index (χ0v) is 11.7. The number of carboxylic acids is 1. The first kappa shape index (κ1) is 14.5. The van der Waals surface area contributed by atoms with Gasteiger partial charge in [-0.25, -0.2) is 9.18 Å². The number of halogens is 2. The van der Waals surface area contributed by atoms with Crippen LogP contribution in [-0.2, 0) is 6.61 Å². The Kier molecular flexibility index (Phi) is 4.36. The summed E-state index contributed by atoms with van der Waals surface area (Å²) < 4.78 is 19.2. The molecular formula is C14H10BrFO4. The molecule has 20 heavy (non-hydrogen) atoms. The summed E-state index contributed by atoms with van der Waals surface area (Å²) in [5.74, 6) is -1.71. The minimum absolute atomic E-state index is 0.0846. The van der Waals surface area contributed by atoms with E-state index in [0.29, 0.717) is 11.3 Å². The third-order valence-electron chi connectivity index (χ3n) is 2.61. The van der Waals surface area contributed by atoms with E-state index in [9.17, 15) is 9.18 Å². The van der Waals surface area contributed by atoms with Crippen LogP contribution in [0.5, 0.6) is 11.5 Å². The van der Waals surface area contributed by atoms with Gasteiger partial charge in [0.1, 0.15) is 5.75 Å². The monoisotopic (exact) mass is 340 g/mol. The van der Waals surface area contributed by atoms with E-state index in [1.54, 1.807) is 24.3 Å². The normalized spacial score (nSPS) is 10.3. The van der Waals surface area contributed by atoms with E-state index in [1.165, 1.54) is 12.1 Å². The third kappa shape index (κ3) is 2.97. The van der Waals surface area contributed by atoms with Crippen LogP contribution in [0.2, 0.25) is 0 Å². The molecule has 0 atom stereocenters. The Morgan fingerprint density at radius 2 is 1.85 bits per heavy atom. The number of aliphatic hydroxyl groups is 1. The molecule has 104 valence electrons. The Morgan fingerprint density at radius 3 is 2.40 bits per heavy atom. The molecule has 0 heterocycles. The lowest BCUT2D eigenvalue weighted by molar-refractivity contribution is 0.0695. The SMILES string of the molecule is O=C(O)c1ccc(Oc2ccc(CO)cc2)c(F)c1Br. The van der Waals surface area contributed by atoms with Crippen molar-refractivity contribution in [3.63, 3.8) is 0 Å². The maximum Gasteiger partial charge on any atom is 0.336 e. The van der Waals surface area contributed by atoms with Crippen molar-refractivity contribution < 1.29 is 24.1 Å². The highest BCUT2D eigenvalue weighted by Crippen LogP contribution is 2.31. The van der Waals surface area contributed by atoms with Crippen molar-refractivity contribution >= 4 is 21.9 Å². The van der Waals surface area contributed by atoms with Gasteiger partial charge in [-0.15, -0.1) is 0 Å². The Bertz CT molecular complexity index is 640. The van der Waals surface area contributed by atoms with Gasteiger partial charge in [-0.2, -0.15) is 0 Å². The lowest BCUT2D eigenvalue weighted by Crippen LogP contribution is -2.00. The highest BCUT2D eigenvalue weighted by Gasteiger charge is 2.17. The molecule has 0 aliphatic rings. The van der Waals surface area contributed by atoms with Crippen LogP contribution < -0.4 is 4.74 Å². The highest BCUT2D eigenvalue weighted by atomic mass is 79.9. The van der Waals surface area contributed by atoms with Crippen molar-refractivity contribution in [1.82, 2.24) is 0 Å². The van der Waals surface area contributed by atoms with E-state index < -0.39 is 11.8 Å². The molecule has 6 heteroatoms. The first-order chi connectivity index (χ1) is 9.52. The predicted octanol–water partition coefficient (Wildman–Crippen LogP) is 3.57. The molecule has 0 amide bonds. The summed E-state index contributed by atoms with van der Waals surface area (Å²) in [7, 11) is 0. The second-order valence-electron chi connectivity index (χ2n) is 3.95. The highest BCUT2D eigenvalue weighted by molar-refractivity contribution is 9.10. The van der Waals surface area contributed by atoms with Crippen molar-refractivity contribution in [3.8, 4) is 11.5 Å². The number of carbonyl (C=O) groups is 1. The number of hydrogen-bond donors (Lipinski definition) is 2. The minimum atomic E-state index is -1.23. The average Bonchev–Trinajstić information content (AvgIpc) is 2.44. The summed E-state index contributed by atoms with van der Waals surface area (Å²) in [5.41, 5.74) is 0.533. The molecule has 0 saturated heterocycles. The van der Waals surface area contributed by atoms with Gasteiger partial charge in [0, 0.05) is 0 Å². The quantitative estimate of drug-likeness (QED) is 0.892. The predicted molar refractivity (Wildman–Crippen MR) is 73.5 cm³/mol. The molecule has 2 rings (SSSR count). The number of ether oxygens (including phenoxy) is 1. The van der Waals surface area contributed by atoms with Crippen LogP contribution in [0.3, 0.4) is 0 Å². The lowest BCUT2D eigenvalue weighted by atomic mass is 10.2. The van der Waals surface area contributed by atoms with Gasteiger partial charge in [0.05, 0.1) is 16.6 Å². The molecule has 0 bridgehead atoms. The molecule has 2 N–H and O–H groups in total. The topological polar surface area (TPSA) is 66.8 Å². The van der Waals surface area contributed by atoms with Gasteiger partial charge >= 0.3 is 5.97 Å². The maximum atomic E-state index is 14.0. The lowest BCUT2D eigenvalue weighted by Gasteiger charge is -2.09. The molecule has 0 fully saturated rings. The van der Waals surface area contributed by atoms with Crippen molar-refractivity contribution in [1.29, 1.82) is 0 Å². The van der Waals surface area contributed by atoms with Crippen LogP contribution in [-0.4, -0.2) is 16.2 Å². The number of hydrogen-bond acceptors (Lipinski definition) is 3. The number of rotatable bonds is 4. The van der Waals surface area contributed by atoms with Gasteiger partial charge in [-0.3, -0.25) is 0 Å². The van der Waals surface area contributed by atoms with Crippen LogP contribution in [0, 0.1) is 5.82 Å². The fourth-order valence-corrected chi connectivity index (χ4v) is 2.06. The first-order valence-corrected chi connectivity index (χ1v) is 6.41. The molecule has 0 unspecified atom stereocenters. The second kappa shape index (κ2) is 6.02. The van der Waals surface area contributed by atoms with E-state index in [1.807, 2.05) is 0 Å². The molecule has 0 spiro atoms. The summed E-state index contributed by atoms with van der Waals surface area (Å²) >= 11 is 2.90. The largest absolute Gasteiger partial charge is 0.478 e. The zero-order valence-electron chi connectivity index (χ0n) is 10.1. The van der Waals surface area contributed by atoms with Crippen molar-refractivity contribution in [2.24, 2.45) is 0 Å². The minimum Gasteiger partial charge on any atom is -0.478 e. The Labute approximate surface area is 122 Å². The summed E-state index contributed by atoms with van der Waals surface area (Å²) in [6, 6.07) is 8.98. The molecule has 0 aromatic heterocycles. The second-order valence-corrected chi connectivity index (χ2v) is 4.74. The fourth-order valence-electron chi connectivity index (χ4n) is 1.57. The summed E-state index contributed by atoms with van der Waals surface area (Å²) in [4.78, 5) is 10.9. The molecule has 4 nitrogen and oxygen atoms in total. The molecule has 0 aliphatic carbocycles. The molecular weight excluding hydrogens is 331 g/mol. The summed E-state index contributed by atoms with van der Waals surface area (Å²) in [6.45, 7) is -0.0898. The zero-order chi connectivity index (χ0) is 14.7. The van der Waals surface area contributed by atoms with E-state index in [0.717, 1.165) is 0 Å². The van der Waals surface area contributed by atoms with Crippen LogP contribution in [0.1, 0.15) is 15.9 Å². The van der Waals surface area contributed by atoms with Gasteiger partial charge in [-0.1, -0.05) is 12.1 Å². The first-order valence-electron chi connectivity index (χ1n) is 5.62. The summed E-state index contributed by atoms with van der Waals surface area (Å²) in [6.07, 6.45) is 0. The molecule has 0 radical (unpaired) electrons. The van der Waals surface area contributed by atoms with Gasteiger partial charge in [-0.05, 0) is 45.8 Å². The number of carboxylic acid groups (broad SMARTS) is 1. The average molecular weight is 341 g/mol. The molecule has 0 saturated carbocycles. The van der Waals surface area contributed by atoms with Crippen molar-refractivity contribution in [2.45, 2.75) is 6.61 Å². The van der Waals surface area contributed by atoms with E-state index >= 15 is 0 Å². The molecule has 0 aliphatic heterocycles. The molecule has 2 aromatic carbocycles. The summed E-state index contributed by atoms with van der Waals surface area (Å²) in [5, 5.41) is 17.8. The molecule has 2 aromatic rings. The van der Waals surface area contributed by atoms with Crippen LogP contribution >= 0.6 is 15.9 Å². The number of benzene rings is 2. The van der Waals surface area contributed by atoms with Crippen molar-refractivity contribution in [2.75, 3.05) is 0 Å². The van der Waals surface area contributed by atoms with Gasteiger partial charge in [0.2, 0.25) is 0 Å². The van der Waals surface area contributed by atoms with E-state index in [-0.39, 0.29) is 22.4 Å². The maximum absolute atomic E-state index is 14.0. The Morgan fingerprint density at radius 1 is 1.20 bits per heavy atom. The standard InChI is InChI=1S/C14H10BrFO4/c15-12-10(14(18)19)5-6-11(13(12)16)20-9-3-1-8(7-17)2-4-9/h1-6,17H,7H2,(H,18,19). The Hall–Kier alpha value is -1.92. The van der Waals surface area contributed by atoms with Crippen LogP contribution in [0.25, 0.3) is 0 Å². The fraction of sp³-hybridized carbons (Fsp3) is 0.0714. The van der Waals surface area contributed by atoms with Crippen molar-refractivity contribution in [3.05, 3.63) is 57.8 Å². The van der Waals surface area contributed by atoms with Gasteiger partial charge in [0.15, 0.2) is 11.6 Å². The van der Waals surface area contributed by atoms with Crippen LogP contribution in [0.15, 0.2) is 40.9 Å². The number of aromatic carboxylic acids is 1.